The quantitative estimate of drug-likeness (QED) is 0.706. The second kappa shape index (κ2) is 6.47. The van der Waals surface area contributed by atoms with Crippen LogP contribution >= 0.6 is 0 Å². The number of hydrogen-bond acceptors (Lipinski definition) is 4. The Morgan fingerprint density at radius 3 is 2.65 bits per heavy atom. The van der Waals surface area contributed by atoms with Crippen LogP contribution < -0.4 is 0 Å². The van der Waals surface area contributed by atoms with E-state index in [1.165, 1.54) is 4.90 Å². The SMILES string of the molecule is CCOC(=O)C1CCCN1C(=O)OCC(C)C. The third-order valence-electron chi connectivity index (χ3n) is 2.59. The zero-order valence-electron chi connectivity index (χ0n) is 10.8. The summed E-state index contributed by atoms with van der Waals surface area (Å²) in [5, 5.41) is 0. The van der Waals surface area contributed by atoms with Crippen LogP contribution in [0.3, 0.4) is 0 Å². The highest BCUT2D eigenvalue weighted by molar-refractivity contribution is 5.82. The van der Waals surface area contributed by atoms with Crippen LogP contribution in [-0.2, 0) is 14.3 Å². The van der Waals surface area contributed by atoms with Gasteiger partial charge in [0, 0.05) is 6.54 Å². The van der Waals surface area contributed by atoms with Crippen molar-refractivity contribution in [1.82, 2.24) is 4.90 Å². The third-order valence-corrected chi connectivity index (χ3v) is 2.59. The van der Waals surface area contributed by atoms with Crippen LogP contribution in [0.2, 0.25) is 0 Å². The molecule has 1 atom stereocenters. The molecule has 1 heterocycles. The summed E-state index contributed by atoms with van der Waals surface area (Å²) >= 11 is 0. The molecule has 1 amide bonds. The number of rotatable bonds is 4. The Balaban J connectivity index is 2.50. The van der Waals surface area contributed by atoms with Crippen molar-refractivity contribution in [2.24, 2.45) is 5.92 Å². The van der Waals surface area contributed by atoms with Crippen LogP contribution in [0.25, 0.3) is 0 Å². The van der Waals surface area contributed by atoms with Crippen LogP contribution in [0, 0.1) is 5.92 Å². The van der Waals surface area contributed by atoms with Crippen molar-refractivity contribution in [3.05, 3.63) is 0 Å². The molecule has 98 valence electrons. The second-order valence-electron chi connectivity index (χ2n) is 4.57. The van der Waals surface area contributed by atoms with Gasteiger partial charge in [-0.05, 0) is 25.7 Å². The Morgan fingerprint density at radius 1 is 1.35 bits per heavy atom. The van der Waals surface area contributed by atoms with Gasteiger partial charge in [-0.25, -0.2) is 9.59 Å². The lowest BCUT2D eigenvalue weighted by atomic mass is 10.2. The van der Waals surface area contributed by atoms with E-state index in [1.54, 1.807) is 6.92 Å². The Morgan fingerprint density at radius 2 is 2.06 bits per heavy atom. The summed E-state index contributed by atoms with van der Waals surface area (Å²) in [5.41, 5.74) is 0. The summed E-state index contributed by atoms with van der Waals surface area (Å²) in [7, 11) is 0. The van der Waals surface area contributed by atoms with Gasteiger partial charge in [-0.2, -0.15) is 0 Å². The molecule has 17 heavy (non-hydrogen) atoms. The van der Waals surface area contributed by atoms with Gasteiger partial charge >= 0.3 is 12.1 Å². The van der Waals surface area contributed by atoms with Crippen molar-refractivity contribution in [3.63, 3.8) is 0 Å². The maximum Gasteiger partial charge on any atom is 0.410 e. The van der Waals surface area contributed by atoms with Crippen LogP contribution in [0.4, 0.5) is 4.79 Å². The zero-order chi connectivity index (χ0) is 12.8. The van der Waals surface area contributed by atoms with E-state index in [0.29, 0.717) is 32.1 Å². The molecule has 0 aromatic heterocycles. The molecule has 5 heteroatoms. The first-order chi connectivity index (χ1) is 8.06. The lowest BCUT2D eigenvalue weighted by Gasteiger charge is -2.22. The van der Waals surface area contributed by atoms with Crippen LogP contribution in [0.5, 0.6) is 0 Å². The molecule has 0 saturated carbocycles. The minimum Gasteiger partial charge on any atom is -0.464 e. The Kier molecular flexibility index (Phi) is 5.25. The number of nitrogens with zero attached hydrogens (tertiary/aromatic N) is 1. The average Bonchev–Trinajstić information content (AvgIpc) is 2.75. The standard InChI is InChI=1S/C12H21NO4/c1-4-16-11(14)10-6-5-7-13(10)12(15)17-8-9(2)3/h9-10H,4-8H2,1-3H3. The molecule has 0 N–H and O–H groups in total. The molecule has 0 aliphatic carbocycles. The largest absolute Gasteiger partial charge is 0.464 e. The Bertz CT molecular complexity index is 278. The second-order valence-corrected chi connectivity index (χ2v) is 4.57. The molecule has 0 aromatic carbocycles. The summed E-state index contributed by atoms with van der Waals surface area (Å²) in [5.74, 6) is -0.0332. The maximum atomic E-state index is 11.8. The summed E-state index contributed by atoms with van der Waals surface area (Å²) in [6.07, 6.45) is 1.07. The van der Waals surface area contributed by atoms with Crippen molar-refractivity contribution >= 4 is 12.1 Å². The number of hydrogen-bond donors (Lipinski definition) is 0. The average molecular weight is 243 g/mol. The van der Waals surface area contributed by atoms with Gasteiger partial charge in [-0.3, -0.25) is 4.90 Å². The van der Waals surface area contributed by atoms with E-state index in [2.05, 4.69) is 0 Å². The van der Waals surface area contributed by atoms with E-state index >= 15 is 0 Å². The van der Waals surface area contributed by atoms with Crippen LogP contribution in [0.15, 0.2) is 0 Å². The van der Waals surface area contributed by atoms with Crippen molar-refractivity contribution < 1.29 is 19.1 Å². The predicted octanol–water partition coefficient (Wildman–Crippen LogP) is 1.81. The fraction of sp³-hybridized carbons (Fsp3) is 0.833. The van der Waals surface area contributed by atoms with E-state index < -0.39 is 12.1 Å². The van der Waals surface area contributed by atoms with Gasteiger partial charge < -0.3 is 9.47 Å². The number of carbonyl (C=O) groups excluding carboxylic acids is 2. The topological polar surface area (TPSA) is 55.8 Å². The van der Waals surface area contributed by atoms with Crippen LogP contribution in [-0.4, -0.2) is 42.8 Å². The lowest BCUT2D eigenvalue weighted by molar-refractivity contribution is -0.147. The number of carbonyl (C=O) groups is 2. The van der Waals surface area contributed by atoms with E-state index in [0.717, 1.165) is 6.42 Å². The number of esters is 1. The number of amides is 1. The molecule has 5 nitrogen and oxygen atoms in total. The molecule has 1 aliphatic heterocycles. The van der Waals surface area contributed by atoms with Gasteiger partial charge in [0.05, 0.1) is 13.2 Å². The minimum atomic E-state index is -0.463. The highest BCUT2D eigenvalue weighted by Crippen LogP contribution is 2.19. The molecule has 0 spiro atoms. The van der Waals surface area contributed by atoms with E-state index in [1.807, 2.05) is 13.8 Å². The zero-order valence-corrected chi connectivity index (χ0v) is 10.8. The van der Waals surface area contributed by atoms with E-state index in [4.69, 9.17) is 9.47 Å². The summed E-state index contributed by atoms with van der Waals surface area (Å²) in [4.78, 5) is 24.9. The van der Waals surface area contributed by atoms with Crippen molar-refractivity contribution in [3.8, 4) is 0 Å². The van der Waals surface area contributed by atoms with Crippen molar-refractivity contribution in [1.29, 1.82) is 0 Å². The van der Waals surface area contributed by atoms with Crippen molar-refractivity contribution in [2.45, 2.75) is 39.7 Å². The molecule has 0 radical (unpaired) electrons. The molecular weight excluding hydrogens is 222 g/mol. The molecular formula is C12H21NO4. The fourth-order valence-corrected chi connectivity index (χ4v) is 1.79. The Labute approximate surface area is 102 Å². The highest BCUT2D eigenvalue weighted by atomic mass is 16.6. The molecule has 1 saturated heterocycles. The van der Waals surface area contributed by atoms with E-state index in [-0.39, 0.29) is 5.97 Å². The Hall–Kier alpha value is -1.26. The van der Waals surface area contributed by atoms with Gasteiger partial charge in [0.15, 0.2) is 0 Å². The number of likely N-dealkylation sites (tertiary alicyclic amines) is 1. The summed E-state index contributed by atoms with van der Waals surface area (Å²) in [6.45, 7) is 6.99. The minimum absolute atomic E-state index is 0.294. The first-order valence-electron chi connectivity index (χ1n) is 6.16. The first-order valence-corrected chi connectivity index (χ1v) is 6.16. The smallest absolute Gasteiger partial charge is 0.410 e. The van der Waals surface area contributed by atoms with Gasteiger partial charge in [0.2, 0.25) is 0 Å². The highest BCUT2D eigenvalue weighted by Gasteiger charge is 2.36. The monoisotopic (exact) mass is 243 g/mol. The van der Waals surface area contributed by atoms with Gasteiger partial charge in [-0.15, -0.1) is 0 Å². The molecule has 1 unspecified atom stereocenters. The number of ether oxygens (including phenoxy) is 2. The fourth-order valence-electron chi connectivity index (χ4n) is 1.79. The van der Waals surface area contributed by atoms with Gasteiger partial charge in [0.25, 0.3) is 0 Å². The van der Waals surface area contributed by atoms with E-state index in [9.17, 15) is 9.59 Å². The molecule has 1 rings (SSSR count). The molecule has 0 aromatic rings. The lowest BCUT2D eigenvalue weighted by Crippen LogP contribution is -2.42. The molecule has 1 fully saturated rings. The summed E-state index contributed by atoms with van der Waals surface area (Å²) in [6, 6.07) is -0.463. The first kappa shape index (κ1) is 13.8. The van der Waals surface area contributed by atoms with Crippen LogP contribution in [0.1, 0.15) is 33.6 Å². The van der Waals surface area contributed by atoms with Gasteiger partial charge in [-0.1, -0.05) is 13.8 Å². The maximum absolute atomic E-state index is 11.8. The van der Waals surface area contributed by atoms with Gasteiger partial charge in [0.1, 0.15) is 6.04 Å². The summed E-state index contributed by atoms with van der Waals surface area (Å²) < 4.78 is 10.1. The predicted molar refractivity (Wildman–Crippen MR) is 62.5 cm³/mol. The van der Waals surface area contributed by atoms with Crippen molar-refractivity contribution in [2.75, 3.05) is 19.8 Å². The molecule has 0 bridgehead atoms. The normalized spacial score (nSPS) is 19.5. The third kappa shape index (κ3) is 3.91. The molecule has 1 aliphatic rings.